The molecule has 0 heterocycles. The summed E-state index contributed by atoms with van der Waals surface area (Å²) >= 11 is 0. The van der Waals surface area contributed by atoms with Crippen LogP contribution >= 0.6 is 12.4 Å². The number of carbonyl (C=O) groups is 1. The van der Waals surface area contributed by atoms with Gasteiger partial charge in [0, 0.05) is 13.0 Å². The van der Waals surface area contributed by atoms with Crippen molar-refractivity contribution in [2.75, 3.05) is 13.1 Å². The number of nitrogens with two attached hydrogens (primary N) is 1. The molecule has 4 heteroatoms. The summed E-state index contributed by atoms with van der Waals surface area (Å²) in [5.41, 5.74) is 6.75. The second-order valence-corrected chi connectivity index (χ2v) is 5.50. The zero-order valence-corrected chi connectivity index (χ0v) is 12.6. The van der Waals surface area contributed by atoms with E-state index < -0.39 is 0 Å². The Labute approximate surface area is 122 Å². The molecule has 0 aliphatic rings. The monoisotopic (exact) mass is 284 g/mol. The third kappa shape index (κ3) is 7.85. The Morgan fingerprint density at radius 1 is 1.26 bits per heavy atom. The Bertz CT molecular complexity index is 366. The third-order valence-electron chi connectivity index (χ3n) is 2.90. The summed E-state index contributed by atoms with van der Waals surface area (Å²) in [6.45, 7) is 5.61. The molecule has 0 saturated heterocycles. The maximum Gasteiger partial charge on any atom is 0.220 e. The molecular weight excluding hydrogens is 260 g/mol. The first-order valence-corrected chi connectivity index (χ1v) is 6.54. The predicted molar refractivity (Wildman–Crippen MR) is 82.5 cm³/mol. The van der Waals surface area contributed by atoms with Gasteiger partial charge in [-0.2, -0.15) is 0 Å². The molecule has 3 N–H and O–H groups in total. The van der Waals surface area contributed by atoms with Gasteiger partial charge in [0.1, 0.15) is 0 Å². The number of halogens is 1. The lowest BCUT2D eigenvalue weighted by molar-refractivity contribution is -0.121. The van der Waals surface area contributed by atoms with Crippen LogP contribution in [0.3, 0.4) is 0 Å². The highest BCUT2D eigenvalue weighted by Gasteiger charge is 2.19. The van der Waals surface area contributed by atoms with Gasteiger partial charge in [-0.1, -0.05) is 44.2 Å². The van der Waals surface area contributed by atoms with Crippen LogP contribution in [0.15, 0.2) is 30.3 Å². The minimum absolute atomic E-state index is 0. The Balaban J connectivity index is 0.00000324. The van der Waals surface area contributed by atoms with Gasteiger partial charge in [-0.15, -0.1) is 12.4 Å². The van der Waals surface area contributed by atoms with E-state index in [-0.39, 0.29) is 23.7 Å². The van der Waals surface area contributed by atoms with Gasteiger partial charge in [0.05, 0.1) is 0 Å². The van der Waals surface area contributed by atoms with Crippen LogP contribution < -0.4 is 11.1 Å². The van der Waals surface area contributed by atoms with Gasteiger partial charge in [-0.25, -0.2) is 0 Å². The van der Waals surface area contributed by atoms with Crippen LogP contribution in [-0.4, -0.2) is 19.0 Å². The summed E-state index contributed by atoms with van der Waals surface area (Å²) < 4.78 is 0. The normalized spacial score (nSPS) is 10.7. The van der Waals surface area contributed by atoms with Crippen molar-refractivity contribution in [3.05, 3.63) is 35.9 Å². The molecule has 0 unspecified atom stereocenters. The number of carbonyl (C=O) groups excluding carboxylic acids is 1. The fourth-order valence-corrected chi connectivity index (χ4v) is 1.90. The second kappa shape index (κ2) is 8.94. The first-order chi connectivity index (χ1) is 8.53. The average molecular weight is 285 g/mol. The van der Waals surface area contributed by atoms with Crippen LogP contribution in [0.2, 0.25) is 0 Å². The molecule has 1 rings (SSSR count). The van der Waals surface area contributed by atoms with E-state index in [9.17, 15) is 4.79 Å². The predicted octanol–water partition coefficient (Wildman–Crippen LogP) is 2.53. The molecule has 0 aliphatic heterocycles. The third-order valence-corrected chi connectivity index (χ3v) is 2.90. The molecule has 1 amide bonds. The molecule has 0 bridgehead atoms. The molecule has 1 aromatic carbocycles. The Morgan fingerprint density at radius 3 is 2.47 bits per heavy atom. The van der Waals surface area contributed by atoms with Crippen molar-refractivity contribution < 1.29 is 4.79 Å². The van der Waals surface area contributed by atoms with Crippen LogP contribution in [0.4, 0.5) is 0 Å². The van der Waals surface area contributed by atoms with Crippen LogP contribution in [0.1, 0.15) is 32.3 Å². The summed E-state index contributed by atoms with van der Waals surface area (Å²) in [5.74, 6) is 0.0987. The van der Waals surface area contributed by atoms with Crippen molar-refractivity contribution in [3.63, 3.8) is 0 Å². The Kier molecular flexibility index (Phi) is 8.44. The Hall–Kier alpha value is -1.06. The number of nitrogens with one attached hydrogen (secondary N) is 1. The van der Waals surface area contributed by atoms with Crippen molar-refractivity contribution in [1.29, 1.82) is 0 Å². The minimum Gasteiger partial charge on any atom is -0.356 e. The van der Waals surface area contributed by atoms with Gasteiger partial charge in [0.25, 0.3) is 0 Å². The second-order valence-electron chi connectivity index (χ2n) is 5.50. The lowest BCUT2D eigenvalue weighted by Crippen LogP contribution is -2.35. The highest BCUT2D eigenvalue weighted by atomic mass is 35.5. The first-order valence-electron chi connectivity index (χ1n) is 6.54. The average Bonchev–Trinajstić information content (AvgIpc) is 2.35. The van der Waals surface area contributed by atoms with E-state index in [0.29, 0.717) is 19.5 Å². The fourth-order valence-electron chi connectivity index (χ4n) is 1.90. The summed E-state index contributed by atoms with van der Waals surface area (Å²) in [6, 6.07) is 10.4. The maximum atomic E-state index is 11.5. The number of amides is 1. The smallest absolute Gasteiger partial charge is 0.220 e. The van der Waals surface area contributed by atoms with Crippen LogP contribution in [-0.2, 0) is 11.2 Å². The van der Waals surface area contributed by atoms with E-state index in [0.717, 1.165) is 12.8 Å². The zero-order valence-electron chi connectivity index (χ0n) is 11.8. The van der Waals surface area contributed by atoms with Crippen molar-refractivity contribution >= 4 is 18.3 Å². The van der Waals surface area contributed by atoms with Crippen LogP contribution in [0, 0.1) is 5.41 Å². The highest BCUT2D eigenvalue weighted by Crippen LogP contribution is 2.20. The van der Waals surface area contributed by atoms with Crippen molar-refractivity contribution in [2.45, 2.75) is 33.1 Å². The van der Waals surface area contributed by atoms with Crippen molar-refractivity contribution in [3.8, 4) is 0 Å². The molecule has 108 valence electrons. The van der Waals surface area contributed by atoms with Gasteiger partial charge < -0.3 is 11.1 Å². The van der Waals surface area contributed by atoms with Gasteiger partial charge in [-0.05, 0) is 30.4 Å². The van der Waals surface area contributed by atoms with Crippen molar-refractivity contribution in [1.82, 2.24) is 5.32 Å². The number of hydrogen-bond donors (Lipinski definition) is 2. The topological polar surface area (TPSA) is 55.1 Å². The summed E-state index contributed by atoms with van der Waals surface area (Å²) in [5, 5.41) is 2.98. The molecule has 0 atom stereocenters. The number of hydrogen-bond acceptors (Lipinski definition) is 2. The summed E-state index contributed by atoms with van der Waals surface area (Å²) in [6.07, 6.45) is 2.24. The van der Waals surface area contributed by atoms with Gasteiger partial charge in [0.15, 0.2) is 0 Å². The lowest BCUT2D eigenvalue weighted by Gasteiger charge is -2.25. The number of benzene rings is 1. The largest absolute Gasteiger partial charge is 0.356 e. The molecule has 0 saturated carbocycles. The van der Waals surface area contributed by atoms with E-state index in [1.165, 1.54) is 5.56 Å². The molecular formula is C15H25ClN2O. The highest BCUT2D eigenvalue weighted by molar-refractivity contribution is 5.85. The molecule has 0 fully saturated rings. The lowest BCUT2D eigenvalue weighted by atomic mass is 9.85. The van der Waals surface area contributed by atoms with E-state index in [1.54, 1.807) is 0 Å². The van der Waals surface area contributed by atoms with Gasteiger partial charge >= 0.3 is 0 Å². The van der Waals surface area contributed by atoms with Gasteiger partial charge in [0.2, 0.25) is 5.91 Å². The molecule has 0 aliphatic carbocycles. The van der Waals surface area contributed by atoms with Crippen LogP contribution in [0.5, 0.6) is 0 Å². The van der Waals surface area contributed by atoms with Crippen molar-refractivity contribution in [2.24, 2.45) is 11.1 Å². The van der Waals surface area contributed by atoms with Gasteiger partial charge in [-0.3, -0.25) is 4.79 Å². The molecule has 1 aromatic rings. The maximum absolute atomic E-state index is 11.5. The Morgan fingerprint density at radius 2 is 1.89 bits per heavy atom. The summed E-state index contributed by atoms with van der Waals surface area (Å²) in [7, 11) is 0. The molecule has 0 aromatic heterocycles. The molecule has 0 radical (unpaired) electrons. The fraction of sp³-hybridized carbons (Fsp3) is 0.533. The van der Waals surface area contributed by atoms with E-state index >= 15 is 0 Å². The van der Waals surface area contributed by atoms with E-state index in [4.69, 9.17) is 5.73 Å². The quantitative estimate of drug-likeness (QED) is 0.808. The minimum atomic E-state index is 0. The zero-order chi connectivity index (χ0) is 13.4. The molecule has 3 nitrogen and oxygen atoms in total. The molecule has 19 heavy (non-hydrogen) atoms. The number of rotatable bonds is 7. The standard InChI is InChI=1S/C15H24N2O.ClH/c1-15(2,11-13-7-4-3-5-8-13)12-17-14(18)9-6-10-16;/h3-5,7-8H,6,9-12,16H2,1-2H3,(H,17,18);1H. The van der Waals surface area contributed by atoms with E-state index in [1.807, 2.05) is 18.2 Å². The molecule has 0 spiro atoms. The van der Waals surface area contributed by atoms with Crippen LogP contribution in [0.25, 0.3) is 0 Å². The summed E-state index contributed by atoms with van der Waals surface area (Å²) in [4.78, 5) is 11.5. The van der Waals surface area contributed by atoms with E-state index in [2.05, 4.69) is 31.3 Å². The SMILES string of the molecule is CC(C)(CNC(=O)CCCN)Cc1ccccc1.Cl. The first kappa shape index (κ1) is 17.9.